The van der Waals surface area contributed by atoms with Gasteiger partial charge in [0.1, 0.15) is 0 Å². The molecule has 7 nitrogen and oxygen atoms in total. The molecule has 0 amide bonds. The third-order valence-corrected chi connectivity index (χ3v) is 5.19. The van der Waals surface area contributed by atoms with E-state index in [1.807, 2.05) is 0 Å². The van der Waals surface area contributed by atoms with Crippen molar-refractivity contribution in [2.24, 2.45) is 5.92 Å². The van der Waals surface area contributed by atoms with Gasteiger partial charge in [-0.15, -0.1) is 0 Å². The highest BCUT2D eigenvalue weighted by molar-refractivity contribution is 7.87. The highest BCUT2D eigenvalue weighted by Gasteiger charge is 2.33. The minimum Gasteiger partial charge on any atom is -0.466 e. The summed E-state index contributed by atoms with van der Waals surface area (Å²) >= 11 is 0. The van der Waals surface area contributed by atoms with Crippen LogP contribution in [-0.4, -0.2) is 57.5 Å². The average Bonchev–Trinajstić information content (AvgIpc) is 2.35. The zero-order valence-electron chi connectivity index (χ0n) is 11.1. The molecule has 2 aliphatic rings. The van der Waals surface area contributed by atoms with Crippen LogP contribution in [0.4, 0.5) is 0 Å². The molecule has 2 aliphatic heterocycles. The maximum absolute atomic E-state index is 12.1. The fourth-order valence-corrected chi connectivity index (χ4v) is 3.68. The van der Waals surface area contributed by atoms with E-state index in [1.165, 1.54) is 4.31 Å². The summed E-state index contributed by atoms with van der Waals surface area (Å²) in [5.74, 6) is -0.382. The number of rotatable bonds is 5. The van der Waals surface area contributed by atoms with Crippen molar-refractivity contribution in [3.8, 4) is 0 Å². The maximum atomic E-state index is 12.1. The first-order chi connectivity index (χ1) is 9.03. The topological polar surface area (TPSA) is 87.7 Å². The van der Waals surface area contributed by atoms with E-state index in [9.17, 15) is 13.2 Å². The Morgan fingerprint density at radius 3 is 2.47 bits per heavy atom. The van der Waals surface area contributed by atoms with Gasteiger partial charge in [0, 0.05) is 32.2 Å². The number of nitrogens with zero attached hydrogens (tertiary/aromatic N) is 1. The summed E-state index contributed by atoms with van der Waals surface area (Å²) in [6.45, 7) is 4.25. The van der Waals surface area contributed by atoms with Gasteiger partial charge in [-0.2, -0.15) is 17.4 Å². The van der Waals surface area contributed by atoms with Crippen molar-refractivity contribution in [2.45, 2.75) is 25.8 Å². The molecule has 0 bridgehead atoms. The molecule has 0 aromatic carbocycles. The molecule has 2 heterocycles. The Balaban J connectivity index is 1.83. The Kier molecular flexibility index (Phi) is 4.77. The zero-order valence-corrected chi connectivity index (χ0v) is 11.9. The number of carbonyl (C=O) groups is 1. The molecule has 2 rings (SSSR count). The van der Waals surface area contributed by atoms with Crippen molar-refractivity contribution < 1.29 is 17.9 Å². The van der Waals surface area contributed by atoms with Crippen LogP contribution in [0, 0.1) is 5.92 Å². The van der Waals surface area contributed by atoms with Crippen LogP contribution >= 0.6 is 0 Å². The monoisotopic (exact) mass is 291 g/mol. The van der Waals surface area contributed by atoms with E-state index in [4.69, 9.17) is 4.74 Å². The average molecular weight is 291 g/mol. The molecule has 0 aliphatic carbocycles. The minimum absolute atomic E-state index is 0.00669. The lowest BCUT2D eigenvalue weighted by molar-refractivity contribution is -0.149. The van der Waals surface area contributed by atoms with Crippen LogP contribution < -0.4 is 10.0 Å². The van der Waals surface area contributed by atoms with Gasteiger partial charge >= 0.3 is 5.97 Å². The predicted octanol–water partition coefficient (Wildman–Crippen LogP) is -0.932. The SMILES string of the molecule is CCOC(=O)C1CCN(S(=O)(=O)NC2CNC2)CC1. The van der Waals surface area contributed by atoms with Crippen LogP contribution in [0.2, 0.25) is 0 Å². The van der Waals surface area contributed by atoms with Crippen molar-refractivity contribution in [3.63, 3.8) is 0 Å². The summed E-state index contributed by atoms with van der Waals surface area (Å²) in [6, 6.07) is -0.00669. The van der Waals surface area contributed by atoms with Gasteiger partial charge in [-0.25, -0.2) is 0 Å². The van der Waals surface area contributed by atoms with E-state index >= 15 is 0 Å². The smallest absolute Gasteiger partial charge is 0.309 e. The zero-order chi connectivity index (χ0) is 13.9. The largest absolute Gasteiger partial charge is 0.466 e. The van der Waals surface area contributed by atoms with Gasteiger partial charge in [0.15, 0.2) is 0 Å². The van der Waals surface area contributed by atoms with Gasteiger partial charge in [-0.05, 0) is 19.8 Å². The Morgan fingerprint density at radius 1 is 1.37 bits per heavy atom. The number of hydrogen-bond donors (Lipinski definition) is 2. The molecule has 2 N–H and O–H groups in total. The van der Waals surface area contributed by atoms with Gasteiger partial charge < -0.3 is 10.1 Å². The summed E-state index contributed by atoms with van der Waals surface area (Å²) in [5, 5.41) is 3.02. The van der Waals surface area contributed by atoms with E-state index in [2.05, 4.69) is 10.0 Å². The number of piperidine rings is 1. The van der Waals surface area contributed by atoms with E-state index in [1.54, 1.807) is 6.92 Å². The minimum atomic E-state index is -3.41. The first-order valence-corrected chi connectivity index (χ1v) is 8.11. The Hall–Kier alpha value is -0.700. The van der Waals surface area contributed by atoms with Crippen molar-refractivity contribution in [2.75, 3.05) is 32.8 Å². The molecule has 0 saturated carbocycles. The lowest BCUT2D eigenvalue weighted by atomic mass is 9.98. The van der Waals surface area contributed by atoms with E-state index in [0.29, 0.717) is 45.6 Å². The number of nitrogens with one attached hydrogen (secondary N) is 2. The van der Waals surface area contributed by atoms with Crippen molar-refractivity contribution >= 4 is 16.2 Å². The van der Waals surface area contributed by atoms with Gasteiger partial charge in [0.2, 0.25) is 0 Å². The van der Waals surface area contributed by atoms with E-state index in [-0.39, 0.29) is 17.9 Å². The molecular weight excluding hydrogens is 270 g/mol. The van der Waals surface area contributed by atoms with Crippen molar-refractivity contribution in [1.29, 1.82) is 0 Å². The van der Waals surface area contributed by atoms with Gasteiger partial charge in [-0.1, -0.05) is 0 Å². The second-order valence-corrected chi connectivity index (χ2v) is 6.61. The molecule has 0 aromatic rings. The molecule has 8 heteroatoms. The van der Waals surface area contributed by atoms with Crippen molar-refractivity contribution in [3.05, 3.63) is 0 Å². The third kappa shape index (κ3) is 3.65. The van der Waals surface area contributed by atoms with Crippen LogP contribution in [0.25, 0.3) is 0 Å². The highest BCUT2D eigenvalue weighted by Crippen LogP contribution is 2.20. The quantitative estimate of drug-likeness (QED) is 0.639. The first-order valence-electron chi connectivity index (χ1n) is 6.67. The fourth-order valence-electron chi connectivity index (χ4n) is 2.25. The molecule has 0 unspecified atom stereocenters. The molecular formula is C11H21N3O4S. The summed E-state index contributed by atoms with van der Waals surface area (Å²) in [4.78, 5) is 11.6. The summed E-state index contributed by atoms with van der Waals surface area (Å²) in [7, 11) is -3.41. The third-order valence-electron chi connectivity index (χ3n) is 3.51. The summed E-state index contributed by atoms with van der Waals surface area (Å²) < 4.78 is 33.2. The van der Waals surface area contributed by atoms with Gasteiger partial charge in [-0.3, -0.25) is 4.79 Å². The molecule has 2 saturated heterocycles. The van der Waals surface area contributed by atoms with E-state index < -0.39 is 10.2 Å². The maximum Gasteiger partial charge on any atom is 0.309 e. The molecule has 0 radical (unpaired) electrons. The van der Waals surface area contributed by atoms with Crippen LogP contribution in [0.1, 0.15) is 19.8 Å². The number of hydrogen-bond acceptors (Lipinski definition) is 5. The van der Waals surface area contributed by atoms with Gasteiger partial charge in [0.05, 0.1) is 12.5 Å². The normalized spacial score (nSPS) is 23.0. The van der Waals surface area contributed by atoms with Crippen molar-refractivity contribution in [1.82, 2.24) is 14.3 Å². The van der Waals surface area contributed by atoms with Crippen LogP contribution in [-0.2, 0) is 19.7 Å². The Labute approximate surface area is 113 Å². The Morgan fingerprint density at radius 2 is 2.00 bits per heavy atom. The standard InChI is InChI=1S/C11H21N3O4S/c1-2-18-11(15)9-3-5-14(6-4-9)19(16,17)13-10-7-12-8-10/h9-10,12-13H,2-8H2,1H3. The van der Waals surface area contributed by atoms with E-state index in [0.717, 1.165) is 0 Å². The molecule has 0 spiro atoms. The molecule has 110 valence electrons. The lowest BCUT2D eigenvalue weighted by Gasteiger charge is -2.34. The number of carbonyl (C=O) groups excluding carboxylic acids is 1. The summed E-state index contributed by atoms with van der Waals surface area (Å²) in [5.41, 5.74) is 0. The first kappa shape index (κ1) is 14.7. The van der Waals surface area contributed by atoms with Crippen LogP contribution in [0.3, 0.4) is 0 Å². The van der Waals surface area contributed by atoms with Crippen LogP contribution in [0.15, 0.2) is 0 Å². The lowest BCUT2D eigenvalue weighted by Crippen LogP contribution is -2.60. The fraction of sp³-hybridized carbons (Fsp3) is 0.909. The summed E-state index contributed by atoms with van der Waals surface area (Å²) in [6.07, 6.45) is 1.06. The second-order valence-electron chi connectivity index (χ2n) is 4.90. The molecule has 19 heavy (non-hydrogen) atoms. The second kappa shape index (κ2) is 6.17. The molecule has 2 fully saturated rings. The number of ether oxygens (including phenoxy) is 1. The number of esters is 1. The Bertz CT molecular complexity index is 414. The molecule has 0 atom stereocenters. The van der Waals surface area contributed by atoms with Crippen LogP contribution in [0.5, 0.6) is 0 Å². The highest BCUT2D eigenvalue weighted by atomic mass is 32.2. The van der Waals surface area contributed by atoms with Gasteiger partial charge in [0.25, 0.3) is 10.2 Å². The molecule has 0 aromatic heterocycles. The predicted molar refractivity (Wildman–Crippen MR) is 69.6 cm³/mol.